The molecule has 2 fully saturated rings. The molecule has 0 bridgehead atoms. The maximum Gasteiger partial charge on any atom is 0.234 e. The summed E-state index contributed by atoms with van der Waals surface area (Å²) < 4.78 is 26.3. The number of ether oxygens (including phenoxy) is 2. The van der Waals surface area contributed by atoms with Gasteiger partial charge in [0.2, 0.25) is 5.91 Å². The Balaban J connectivity index is 1.35. The van der Waals surface area contributed by atoms with Crippen LogP contribution in [0.3, 0.4) is 0 Å². The fourth-order valence-electron chi connectivity index (χ4n) is 4.81. The Bertz CT molecular complexity index is 1240. The summed E-state index contributed by atoms with van der Waals surface area (Å²) in [5.41, 5.74) is 0.863. The lowest BCUT2D eigenvalue weighted by molar-refractivity contribution is -0.125. The van der Waals surface area contributed by atoms with Gasteiger partial charge in [-0.1, -0.05) is 11.6 Å². The average molecular weight is 500 g/mol. The zero-order valence-corrected chi connectivity index (χ0v) is 20.1. The Labute approximate surface area is 207 Å². The molecule has 184 valence electrons. The van der Waals surface area contributed by atoms with E-state index in [4.69, 9.17) is 21.1 Å². The van der Waals surface area contributed by atoms with Crippen molar-refractivity contribution in [3.63, 3.8) is 0 Å². The van der Waals surface area contributed by atoms with Gasteiger partial charge in [-0.15, -0.1) is 0 Å². The van der Waals surface area contributed by atoms with Gasteiger partial charge in [0.25, 0.3) is 0 Å². The number of halogens is 2. The van der Waals surface area contributed by atoms with Gasteiger partial charge in [-0.25, -0.2) is 14.4 Å². The number of rotatable bonds is 6. The Morgan fingerprint density at radius 1 is 1.14 bits per heavy atom. The molecule has 2 heterocycles. The minimum absolute atomic E-state index is 0.0302. The molecular weight excluding hydrogens is 473 g/mol. The molecule has 10 heteroatoms. The summed E-state index contributed by atoms with van der Waals surface area (Å²) in [4.78, 5) is 22.7. The van der Waals surface area contributed by atoms with Gasteiger partial charge >= 0.3 is 0 Å². The van der Waals surface area contributed by atoms with Crippen molar-refractivity contribution in [2.45, 2.75) is 37.8 Å². The highest BCUT2D eigenvalue weighted by Gasteiger charge is 2.30. The normalized spacial score (nSPS) is 20.9. The molecule has 35 heavy (non-hydrogen) atoms. The average Bonchev–Trinajstić information content (AvgIpc) is 2.86. The topological polar surface area (TPSA) is 88.6 Å². The lowest BCUT2D eigenvalue weighted by Gasteiger charge is -2.38. The number of fused-ring (bicyclic) bond motifs is 1. The van der Waals surface area contributed by atoms with Gasteiger partial charge < -0.3 is 20.1 Å². The van der Waals surface area contributed by atoms with Crippen molar-refractivity contribution in [2.75, 3.05) is 32.1 Å². The molecule has 1 aliphatic heterocycles. The number of aromatic nitrogens is 2. The van der Waals surface area contributed by atoms with E-state index in [1.54, 1.807) is 13.2 Å². The molecule has 2 N–H and O–H groups in total. The highest BCUT2D eigenvalue weighted by molar-refractivity contribution is 6.30. The highest BCUT2D eigenvalue weighted by Crippen LogP contribution is 2.37. The number of methoxy groups -OCH3 is 1. The molecule has 0 unspecified atom stereocenters. The van der Waals surface area contributed by atoms with E-state index in [-0.39, 0.29) is 17.7 Å². The number of benzene rings is 2. The predicted octanol–water partition coefficient (Wildman–Crippen LogP) is 4.30. The Morgan fingerprint density at radius 3 is 2.74 bits per heavy atom. The number of piperazine rings is 1. The van der Waals surface area contributed by atoms with Crippen LogP contribution in [0, 0.1) is 5.82 Å². The molecule has 1 aromatic heterocycles. The van der Waals surface area contributed by atoms with Crippen LogP contribution in [0.5, 0.6) is 11.5 Å². The Hall–Kier alpha value is -3.17. The molecule has 1 saturated heterocycles. The van der Waals surface area contributed by atoms with Crippen LogP contribution in [0.2, 0.25) is 5.02 Å². The third kappa shape index (κ3) is 5.26. The molecule has 3 aromatic rings. The third-order valence-electron chi connectivity index (χ3n) is 6.62. The van der Waals surface area contributed by atoms with Gasteiger partial charge in [0.1, 0.15) is 18.0 Å². The maximum absolute atomic E-state index is 14.3. The molecule has 0 radical (unpaired) electrons. The van der Waals surface area contributed by atoms with E-state index in [1.165, 1.54) is 24.5 Å². The van der Waals surface area contributed by atoms with E-state index < -0.39 is 5.82 Å². The summed E-state index contributed by atoms with van der Waals surface area (Å²) in [5.74, 6) is 1.26. The SMILES string of the molecule is COc1cc2ncnc(Nc3cc(Cl)ccc3F)c2cc1O[C@H]1CC[C@@H](N2CCNC(=O)C2)CC1. The molecule has 2 aromatic carbocycles. The summed E-state index contributed by atoms with van der Waals surface area (Å²) in [7, 11) is 1.59. The molecule has 5 rings (SSSR count). The minimum atomic E-state index is -0.436. The quantitative estimate of drug-likeness (QED) is 0.523. The predicted molar refractivity (Wildman–Crippen MR) is 132 cm³/mol. The van der Waals surface area contributed by atoms with E-state index in [1.807, 2.05) is 6.07 Å². The van der Waals surface area contributed by atoms with Crippen molar-refractivity contribution in [3.05, 3.63) is 47.5 Å². The monoisotopic (exact) mass is 499 g/mol. The lowest BCUT2D eigenvalue weighted by Crippen LogP contribution is -2.52. The highest BCUT2D eigenvalue weighted by atomic mass is 35.5. The van der Waals surface area contributed by atoms with Crippen molar-refractivity contribution in [1.82, 2.24) is 20.2 Å². The van der Waals surface area contributed by atoms with E-state index in [0.29, 0.717) is 52.4 Å². The van der Waals surface area contributed by atoms with Crippen molar-refractivity contribution in [1.29, 1.82) is 0 Å². The summed E-state index contributed by atoms with van der Waals surface area (Å²) in [5, 5.41) is 7.00. The zero-order chi connectivity index (χ0) is 24.4. The largest absolute Gasteiger partial charge is 0.493 e. The molecule has 1 saturated carbocycles. The number of hydrogen-bond acceptors (Lipinski definition) is 7. The summed E-state index contributed by atoms with van der Waals surface area (Å²) in [6.07, 6.45) is 5.15. The van der Waals surface area contributed by atoms with Crippen molar-refractivity contribution in [2.24, 2.45) is 0 Å². The number of amides is 1. The first-order valence-electron chi connectivity index (χ1n) is 11.7. The third-order valence-corrected chi connectivity index (χ3v) is 6.86. The number of nitrogens with zero attached hydrogens (tertiary/aromatic N) is 3. The van der Waals surface area contributed by atoms with Gasteiger partial charge in [0.15, 0.2) is 11.5 Å². The number of carbonyl (C=O) groups is 1. The number of anilines is 2. The van der Waals surface area contributed by atoms with E-state index in [0.717, 1.165) is 32.2 Å². The lowest BCUT2D eigenvalue weighted by atomic mass is 9.91. The zero-order valence-electron chi connectivity index (χ0n) is 19.4. The molecule has 8 nitrogen and oxygen atoms in total. The van der Waals surface area contributed by atoms with Crippen LogP contribution in [0.4, 0.5) is 15.9 Å². The Morgan fingerprint density at radius 2 is 1.97 bits per heavy atom. The second-order valence-electron chi connectivity index (χ2n) is 8.86. The van der Waals surface area contributed by atoms with Crippen LogP contribution in [0.25, 0.3) is 10.9 Å². The molecule has 2 aliphatic rings. The summed E-state index contributed by atoms with van der Waals surface area (Å²) in [6.45, 7) is 2.07. The van der Waals surface area contributed by atoms with Crippen molar-refractivity contribution >= 4 is 39.9 Å². The minimum Gasteiger partial charge on any atom is -0.493 e. The van der Waals surface area contributed by atoms with Crippen LogP contribution in [-0.2, 0) is 4.79 Å². The maximum atomic E-state index is 14.3. The summed E-state index contributed by atoms with van der Waals surface area (Å²) in [6, 6.07) is 8.33. The van der Waals surface area contributed by atoms with Crippen LogP contribution in [-0.4, -0.2) is 59.7 Å². The first kappa shape index (κ1) is 23.6. The molecule has 0 spiro atoms. The van der Waals surface area contributed by atoms with Gasteiger partial charge in [-0.05, 0) is 49.9 Å². The fourth-order valence-corrected chi connectivity index (χ4v) is 4.99. The smallest absolute Gasteiger partial charge is 0.234 e. The standard InChI is InChI=1S/C25H27ClFN5O3/c1-34-22-12-20-18(25(30-14-29-20)31-21-10-15(26)2-7-19(21)27)11-23(22)35-17-5-3-16(4-6-17)32-9-8-28-24(33)13-32/h2,7,10-12,14,16-17H,3-6,8-9,13H2,1H3,(H,28,33)(H,29,30,31)/t16-,17+. The molecule has 1 amide bonds. The fraction of sp³-hybridized carbons (Fsp3) is 0.400. The van der Waals surface area contributed by atoms with Crippen molar-refractivity contribution in [3.8, 4) is 11.5 Å². The Kier molecular flexibility index (Phi) is 6.88. The van der Waals surface area contributed by atoms with E-state index >= 15 is 0 Å². The first-order valence-corrected chi connectivity index (χ1v) is 12.1. The molecule has 0 atom stereocenters. The second-order valence-corrected chi connectivity index (χ2v) is 9.30. The number of hydrogen-bond donors (Lipinski definition) is 2. The van der Waals surface area contributed by atoms with Crippen LogP contribution < -0.4 is 20.1 Å². The van der Waals surface area contributed by atoms with Gasteiger partial charge in [-0.2, -0.15) is 0 Å². The van der Waals surface area contributed by atoms with Gasteiger partial charge in [0, 0.05) is 35.6 Å². The van der Waals surface area contributed by atoms with Gasteiger partial charge in [-0.3, -0.25) is 9.69 Å². The summed E-state index contributed by atoms with van der Waals surface area (Å²) >= 11 is 6.04. The van der Waals surface area contributed by atoms with E-state index in [9.17, 15) is 9.18 Å². The number of nitrogens with one attached hydrogen (secondary N) is 2. The van der Waals surface area contributed by atoms with Crippen LogP contribution in [0.15, 0.2) is 36.7 Å². The van der Waals surface area contributed by atoms with Crippen LogP contribution in [0.1, 0.15) is 25.7 Å². The molecular formula is C25H27ClFN5O3. The van der Waals surface area contributed by atoms with Gasteiger partial charge in [0.05, 0.1) is 31.0 Å². The molecule has 1 aliphatic carbocycles. The van der Waals surface area contributed by atoms with Crippen molar-refractivity contribution < 1.29 is 18.7 Å². The van der Waals surface area contributed by atoms with Crippen LogP contribution >= 0.6 is 11.6 Å². The second kappa shape index (κ2) is 10.2. The number of carbonyl (C=O) groups excluding carboxylic acids is 1. The first-order chi connectivity index (χ1) is 17.0. The van der Waals surface area contributed by atoms with E-state index in [2.05, 4.69) is 25.5 Å².